The number of carbonyl (C=O) groups is 1. The van der Waals surface area contributed by atoms with Crippen molar-refractivity contribution >= 4 is 6.09 Å². The number of fused-ring (bicyclic) bond motifs is 2. The Morgan fingerprint density at radius 1 is 1.31 bits per heavy atom. The Morgan fingerprint density at radius 2 is 1.92 bits per heavy atom. The van der Waals surface area contributed by atoms with Gasteiger partial charge in [-0.1, -0.05) is 17.7 Å². The van der Waals surface area contributed by atoms with E-state index in [1.54, 1.807) is 6.07 Å². The van der Waals surface area contributed by atoms with E-state index >= 15 is 0 Å². The molecule has 2 heterocycles. The summed E-state index contributed by atoms with van der Waals surface area (Å²) in [5.74, 6) is 0. The molecular formula is C21H28N2O3. The van der Waals surface area contributed by atoms with E-state index in [9.17, 15) is 15.2 Å². The molecule has 1 aromatic rings. The Balaban J connectivity index is 1.91. The first kappa shape index (κ1) is 18.7. The lowest BCUT2D eigenvalue weighted by molar-refractivity contribution is -0.0966. The number of ether oxygens (including phenoxy) is 1. The van der Waals surface area contributed by atoms with Crippen LogP contribution in [0.5, 0.6) is 0 Å². The molecule has 0 radical (unpaired) electrons. The van der Waals surface area contributed by atoms with Gasteiger partial charge in [0.2, 0.25) is 0 Å². The number of hydrogen-bond donors (Lipinski definition) is 1. The molecule has 2 bridgehead atoms. The van der Waals surface area contributed by atoms with Crippen LogP contribution in [0.25, 0.3) is 0 Å². The van der Waals surface area contributed by atoms with Crippen LogP contribution in [0.4, 0.5) is 4.79 Å². The van der Waals surface area contributed by atoms with Gasteiger partial charge in [-0.2, -0.15) is 5.26 Å². The molecule has 2 unspecified atom stereocenters. The molecule has 2 fully saturated rings. The summed E-state index contributed by atoms with van der Waals surface area (Å²) in [7, 11) is 0. The summed E-state index contributed by atoms with van der Waals surface area (Å²) in [4.78, 5) is 14.6. The predicted molar refractivity (Wildman–Crippen MR) is 98.5 cm³/mol. The van der Waals surface area contributed by atoms with Crippen LogP contribution in [0.1, 0.15) is 69.6 Å². The third-order valence-electron chi connectivity index (χ3n) is 5.41. The van der Waals surface area contributed by atoms with Crippen LogP contribution in [-0.2, 0) is 10.3 Å². The number of piperidine rings is 2. The molecule has 1 amide bonds. The second kappa shape index (κ2) is 6.59. The maximum absolute atomic E-state index is 12.7. The van der Waals surface area contributed by atoms with Gasteiger partial charge in [-0.05, 0) is 53.0 Å². The number of amides is 1. The molecule has 2 aliphatic heterocycles. The lowest BCUT2D eigenvalue weighted by Crippen LogP contribution is -2.59. The molecule has 0 spiro atoms. The van der Waals surface area contributed by atoms with E-state index < -0.39 is 11.2 Å². The summed E-state index contributed by atoms with van der Waals surface area (Å²) in [6, 6.07) is 7.67. The van der Waals surface area contributed by atoms with Crippen molar-refractivity contribution in [1.29, 1.82) is 5.26 Å². The fourth-order valence-corrected chi connectivity index (χ4v) is 4.40. The zero-order chi connectivity index (χ0) is 19.1. The maximum Gasteiger partial charge on any atom is 0.410 e. The van der Waals surface area contributed by atoms with E-state index in [0.717, 1.165) is 24.8 Å². The van der Waals surface area contributed by atoms with Crippen molar-refractivity contribution in [1.82, 2.24) is 4.90 Å². The van der Waals surface area contributed by atoms with Crippen LogP contribution in [0, 0.1) is 18.3 Å². The van der Waals surface area contributed by atoms with Gasteiger partial charge in [-0.3, -0.25) is 0 Å². The van der Waals surface area contributed by atoms with Gasteiger partial charge in [-0.15, -0.1) is 0 Å². The second-order valence-corrected chi connectivity index (χ2v) is 8.73. The minimum absolute atomic E-state index is 0.0607. The molecular weight excluding hydrogens is 328 g/mol. The van der Waals surface area contributed by atoms with Crippen LogP contribution in [-0.4, -0.2) is 33.8 Å². The average Bonchev–Trinajstić information content (AvgIpc) is 2.52. The van der Waals surface area contributed by atoms with Crippen LogP contribution in [0.3, 0.4) is 0 Å². The molecule has 0 aromatic heterocycles. The molecule has 1 N–H and O–H groups in total. The van der Waals surface area contributed by atoms with Gasteiger partial charge in [-0.25, -0.2) is 4.79 Å². The van der Waals surface area contributed by atoms with Gasteiger partial charge in [0.1, 0.15) is 5.60 Å². The largest absolute Gasteiger partial charge is 0.444 e. The summed E-state index contributed by atoms with van der Waals surface area (Å²) >= 11 is 0. The van der Waals surface area contributed by atoms with Gasteiger partial charge in [0.15, 0.2) is 0 Å². The second-order valence-electron chi connectivity index (χ2n) is 8.73. The van der Waals surface area contributed by atoms with Crippen molar-refractivity contribution in [3.63, 3.8) is 0 Å². The monoisotopic (exact) mass is 356 g/mol. The van der Waals surface area contributed by atoms with Crippen molar-refractivity contribution in [2.75, 3.05) is 0 Å². The van der Waals surface area contributed by atoms with Gasteiger partial charge < -0.3 is 14.7 Å². The van der Waals surface area contributed by atoms with Crippen molar-refractivity contribution in [3.05, 3.63) is 34.9 Å². The molecule has 26 heavy (non-hydrogen) atoms. The third-order valence-corrected chi connectivity index (χ3v) is 5.41. The minimum Gasteiger partial charge on any atom is -0.444 e. The molecule has 1 aromatic carbocycles. The number of nitriles is 1. The summed E-state index contributed by atoms with van der Waals surface area (Å²) in [5.41, 5.74) is 0.615. The first-order chi connectivity index (χ1) is 12.1. The number of rotatable bonds is 1. The topological polar surface area (TPSA) is 73.6 Å². The summed E-state index contributed by atoms with van der Waals surface area (Å²) in [6.07, 6.45) is 3.35. The number of aliphatic hydroxyl groups is 1. The molecule has 5 nitrogen and oxygen atoms in total. The summed E-state index contributed by atoms with van der Waals surface area (Å²) in [6.45, 7) is 7.57. The van der Waals surface area contributed by atoms with Gasteiger partial charge in [0, 0.05) is 30.5 Å². The fourth-order valence-electron chi connectivity index (χ4n) is 4.40. The average molecular weight is 356 g/mol. The van der Waals surface area contributed by atoms with E-state index in [4.69, 9.17) is 4.74 Å². The number of nitrogens with zero attached hydrogens (tertiary/aromatic N) is 2. The molecule has 0 saturated carbocycles. The highest BCUT2D eigenvalue weighted by molar-refractivity contribution is 5.69. The molecule has 0 aliphatic carbocycles. The fraction of sp³-hybridized carbons (Fsp3) is 0.619. The molecule has 5 heteroatoms. The molecule has 2 atom stereocenters. The van der Waals surface area contributed by atoms with Crippen molar-refractivity contribution in [2.24, 2.45) is 0 Å². The molecule has 2 saturated heterocycles. The highest BCUT2D eigenvalue weighted by Crippen LogP contribution is 2.45. The third kappa shape index (κ3) is 3.57. The molecule has 140 valence electrons. The zero-order valence-corrected chi connectivity index (χ0v) is 16.1. The minimum atomic E-state index is -1.08. The number of hydrogen-bond acceptors (Lipinski definition) is 4. The summed E-state index contributed by atoms with van der Waals surface area (Å²) in [5, 5.41) is 21.0. The van der Waals surface area contributed by atoms with Crippen LogP contribution in [0.15, 0.2) is 18.2 Å². The Kier molecular flexibility index (Phi) is 4.74. The smallest absolute Gasteiger partial charge is 0.410 e. The standard InChI is InChI=1S/C21H28N2O3/c1-14-8-9-15(13-22)18(10-14)21(25)11-16-6-5-7-17(12-21)23(16)19(24)26-20(2,3)4/h8-10,16-17,25H,5-7,11-12H2,1-4H3. The SMILES string of the molecule is Cc1ccc(C#N)c(C2(O)CC3CCCC(C2)N3C(=O)OC(C)(C)C)c1. The van der Waals surface area contributed by atoms with Gasteiger partial charge in [0.05, 0.1) is 17.2 Å². The number of carbonyl (C=O) groups excluding carboxylic acids is 1. The van der Waals surface area contributed by atoms with E-state index in [0.29, 0.717) is 24.0 Å². The van der Waals surface area contributed by atoms with Gasteiger partial charge in [0.25, 0.3) is 0 Å². The van der Waals surface area contributed by atoms with Crippen molar-refractivity contribution in [3.8, 4) is 6.07 Å². The van der Waals surface area contributed by atoms with Crippen molar-refractivity contribution < 1.29 is 14.6 Å². The van der Waals surface area contributed by atoms with Crippen LogP contribution in [0.2, 0.25) is 0 Å². The normalized spacial score (nSPS) is 28.4. The lowest BCUT2D eigenvalue weighted by Gasteiger charge is -2.52. The molecule has 3 rings (SSSR count). The maximum atomic E-state index is 12.7. The van der Waals surface area contributed by atoms with E-state index in [1.807, 2.05) is 44.7 Å². The van der Waals surface area contributed by atoms with E-state index in [-0.39, 0.29) is 18.2 Å². The summed E-state index contributed by atoms with van der Waals surface area (Å²) < 4.78 is 5.60. The number of benzene rings is 1. The number of aryl methyl sites for hydroxylation is 1. The quantitative estimate of drug-likeness (QED) is 0.825. The van der Waals surface area contributed by atoms with Crippen molar-refractivity contribution in [2.45, 2.75) is 83.1 Å². The van der Waals surface area contributed by atoms with Gasteiger partial charge >= 0.3 is 6.09 Å². The Hall–Kier alpha value is -2.06. The van der Waals surface area contributed by atoms with E-state index in [2.05, 4.69) is 6.07 Å². The Morgan fingerprint density at radius 3 is 2.46 bits per heavy atom. The predicted octanol–water partition coefficient (Wildman–Crippen LogP) is 4.01. The van der Waals surface area contributed by atoms with Crippen LogP contribution >= 0.6 is 0 Å². The lowest BCUT2D eigenvalue weighted by atomic mass is 9.71. The van der Waals surface area contributed by atoms with E-state index in [1.165, 1.54) is 0 Å². The molecule has 2 aliphatic rings. The highest BCUT2D eigenvalue weighted by Gasteiger charge is 2.49. The first-order valence-corrected chi connectivity index (χ1v) is 9.38. The Bertz CT molecular complexity index is 731. The highest BCUT2D eigenvalue weighted by atomic mass is 16.6. The van der Waals surface area contributed by atoms with Crippen LogP contribution < -0.4 is 0 Å². The zero-order valence-electron chi connectivity index (χ0n) is 16.1. The first-order valence-electron chi connectivity index (χ1n) is 9.38. The Labute approximate surface area is 155 Å².